The van der Waals surface area contributed by atoms with Crippen LogP contribution in [0.3, 0.4) is 0 Å². The molecule has 0 aliphatic rings. The Morgan fingerprint density at radius 1 is 1.59 bits per heavy atom. The number of nitrogens with zero attached hydrogens (tertiary/aromatic N) is 1. The standard InChI is InChI=1S/C13H13NO3/c1-4-13(16)17-12-7-11(6-5-9(12)2)10(3)14-8-15/h4-7,10H,1H2,2-3H3. The molecule has 0 saturated heterocycles. The fourth-order valence-electron chi connectivity index (χ4n) is 1.29. The molecule has 0 aromatic heterocycles. The van der Waals surface area contributed by atoms with Crippen molar-refractivity contribution in [3.63, 3.8) is 0 Å². The summed E-state index contributed by atoms with van der Waals surface area (Å²) >= 11 is 0. The van der Waals surface area contributed by atoms with E-state index in [1.807, 2.05) is 13.0 Å². The number of isocyanates is 1. The number of benzene rings is 1. The molecule has 1 aromatic rings. The largest absolute Gasteiger partial charge is 0.423 e. The summed E-state index contributed by atoms with van der Waals surface area (Å²) in [6, 6.07) is 5.00. The molecule has 1 aromatic carbocycles. The summed E-state index contributed by atoms with van der Waals surface area (Å²) in [6.45, 7) is 6.91. The van der Waals surface area contributed by atoms with Crippen molar-refractivity contribution in [2.45, 2.75) is 19.9 Å². The lowest BCUT2D eigenvalue weighted by Gasteiger charge is -2.10. The topological polar surface area (TPSA) is 55.7 Å². The molecular formula is C13H13NO3. The van der Waals surface area contributed by atoms with Gasteiger partial charge in [0.15, 0.2) is 0 Å². The number of carbonyl (C=O) groups is 1. The normalized spacial score (nSPS) is 11.2. The van der Waals surface area contributed by atoms with Crippen molar-refractivity contribution >= 4 is 12.0 Å². The first-order valence-electron chi connectivity index (χ1n) is 5.10. The number of hydrogen-bond acceptors (Lipinski definition) is 4. The average molecular weight is 231 g/mol. The van der Waals surface area contributed by atoms with Crippen LogP contribution in [-0.4, -0.2) is 12.0 Å². The van der Waals surface area contributed by atoms with Crippen LogP contribution in [0.1, 0.15) is 24.1 Å². The zero-order valence-electron chi connectivity index (χ0n) is 9.77. The van der Waals surface area contributed by atoms with Crippen molar-refractivity contribution < 1.29 is 14.3 Å². The molecule has 1 atom stereocenters. The van der Waals surface area contributed by atoms with Crippen molar-refractivity contribution in [1.82, 2.24) is 0 Å². The maximum absolute atomic E-state index is 11.1. The van der Waals surface area contributed by atoms with Crippen LogP contribution in [0.2, 0.25) is 0 Å². The first kappa shape index (κ1) is 12.9. The van der Waals surface area contributed by atoms with E-state index in [9.17, 15) is 9.59 Å². The van der Waals surface area contributed by atoms with E-state index in [1.54, 1.807) is 19.1 Å². The molecule has 1 unspecified atom stereocenters. The molecule has 88 valence electrons. The SMILES string of the molecule is C=CC(=O)Oc1cc(C(C)N=C=O)ccc1C. The van der Waals surface area contributed by atoms with Crippen LogP contribution in [0.5, 0.6) is 5.75 Å². The number of ether oxygens (including phenoxy) is 1. The summed E-state index contributed by atoms with van der Waals surface area (Å²) in [5.41, 5.74) is 1.61. The quantitative estimate of drug-likeness (QED) is 0.263. The summed E-state index contributed by atoms with van der Waals surface area (Å²) in [4.78, 5) is 24.9. The third-order valence-electron chi connectivity index (χ3n) is 2.32. The Labute approximate surface area is 99.6 Å². The predicted molar refractivity (Wildman–Crippen MR) is 63.5 cm³/mol. The second-order valence-electron chi connectivity index (χ2n) is 3.55. The molecule has 0 bridgehead atoms. The Balaban J connectivity index is 3.05. The molecule has 0 spiro atoms. The van der Waals surface area contributed by atoms with Crippen LogP contribution < -0.4 is 4.74 Å². The van der Waals surface area contributed by atoms with Gasteiger partial charge in [-0.25, -0.2) is 9.59 Å². The van der Waals surface area contributed by atoms with Gasteiger partial charge in [0.25, 0.3) is 0 Å². The first-order chi connectivity index (χ1) is 8.08. The molecule has 0 aliphatic carbocycles. The van der Waals surface area contributed by atoms with Crippen LogP contribution >= 0.6 is 0 Å². The molecule has 0 heterocycles. The van der Waals surface area contributed by atoms with Crippen molar-refractivity contribution in [2.75, 3.05) is 0 Å². The Morgan fingerprint density at radius 2 is 2.29 bits per heavy atom. The van der Waals surface area contributed by atoms with Gasteiger partial charge in [-0.1, -0.05) is 18.7 Å². The first-order valence-corrected chi connectivity index (χ1v) is 5.10. The van der Waals surface area contributed by atoms with E-state index in [-0.39, 0.29) is 6.04 Å². The number of esters is 1. The van der Waals surface area contributed by atoms with Crippen LogP contribution in [0.25, 0.3) is 0 Å². The molecule has 0 amide bonds. The number of rotatable bonds is 4. The maximum Gasteiger partial charge on any atom is 0.335 e. The van der Waals surface area contributed by atoms with E-state index >= 15 is 0 Å². The van der Waals surface area contributed by atoms with Gasteiger partial charge in [0.05, 0.1) is 6.04 Å². The van der Waals surface area contributed by atoms with Gasteiger partial charge in [0, 0.05) is 6.08 Å². The molecule has 17 heavy (non-hydrogen) atoms. The van der Waals surface area contributed by atoms with E-state index < -0.39 is 5.97 Å². The highest BCUT2D eigenvalue weighted by atomic mass is 16.5. The van der Waals surface area contributed by atoms with Gasteiger partial charge in [-0.3, -0.25) is 0 Å². The van der Waals surface area contributed by atoms with Gasteiger partial charge in [0.1, 0.15) is 5.75 Å². The van der Waals surface area contributed by atoms with Crippen molar-refractivity contribution in [2.24, 2.45) is 4.99 Å². The molecule has 4 nitrogen and oxygen atoms in total. The van der Waals surface area contributed by atoms with Crippen LogP contribution in [0, 0.1) is 6.92 Å². The molecule has 4 heteroatoms. The molecular weight excluding hydrogens is 218 g/mol. The molecule has 0 N–H and O–H groups in total. The van der Waals surface area contributed by atoms with E-state index in [0.717, 1.165) is 17.2 Å². The number of aryl methyl sites for hydroxylation is 1. The van der Waals surface area contributed by atoms with Gasteiger partial charge in [-0.2, -0.15) is 4.99 Å². The lowest BCUT2D eigenvalue weighted by atomic mass is 10.1. The molecule has 0 radical (unpaired) electrons. The minimum Gasteiger partial charge on any atom is -0.423 e. The molecule has 0 fully saturated rings. The summed E-state index contributed by atoms with van der Waals surface area (Å²) < 4.78 is 5.07. The average Bonchev–Trinajstić information content (AvgIpc) is 2.32. The highest BCUT2D eigenvalue weighted by Gasteiger charge is 2.09. The highest BCUT2D eigenvalue weighted by Crippen LogP contribution is 2.25. The minimum atomic E-state index is -0.517. The zero-order chi connectivity index (χ0) is 12.8. The molecule has 0 saturated carbocycles. The maximum atomic E-state index is 11.1. The Hall–Kier alpha value is -2.19. The van der Waals surface area contributed by atoms with Gasteiger partial charge < -0.3 is 4.74 Å². The second-order valence-corrected chi connectivity index (χ2v) is 3.55. The number of carbonyl (C=O) groups excluding carboxylic acids is 2. The highest BCUT2D eigenvalue weighted by molar-refractivity contribution is 5.83. The van der Waals surface area contributed by atoms with Crippen molar-refractivity contribution in [3.8, 4) is 5.75 Å². The lowest BCUT2D eigenvalue weighted by molar-refractivity contribution is -0.129. The predicted octanol–water partition coefficient (Wildman–Crippen LogP) is 2.48. The van der Waals surface area contributed by atoms with Crippen molar-refractivity contribution in [1.29, 1.82) is 0 Å². The van der Waals surface area contributed by atoms with Crippen LogP contribution in [0.4, 0.5) is 0 Å². The third kappa shape index (κ3) is 3.40. The van der Waals surface area contributed by atoms with Crippen LogP contribution in [0.15, 0.2) is 35.8 Å². The monoisotopic (exact) mass is 231 g/mol. The lowest BCUT2D eigenvalue weighted by Crippen LogP contribution is -2.05. The van der Waals surface area contributed by atoms with Gasteiger partial charge in [0.2, 0.25) is 6.08 Å². The van der Waals surface area contributed by atoms with Crippen LogP contribution in [-0.2, 0) is 9.59 Å². The van der Waals surface area contributed by atoms with E-state index in [1.165, 1.54) is 6.08 Å². The van der Waals surface area contributed by atoms with Gasteiger partial charge in [-0.05, 0) is 31.0 Å². The summed E-state index contributed by atoms with van der Waals surface area (Å²) in [7, 11) is 0. The number of hydrogen-bond donors (Lipinski definition) is 0. The fraction of sp³-hybridized carbons (Fsp3) is 0.231. The Kier molecular flexibility index (Phi) is 4.37. The minimum absolute atomic E-state index is 0.311. The van der Waals surface area contributed by atoms with Gasteiger partial charge in [-0.15, -0.1) is 0 Å². The third-order valence-corrected chi connectivity index (χ3v) is 2.32. The zero-order valence-corrected chi connectivity index (χ0v) is 9.77. The smallest absolute Gasteiger partial charge is 0.335 e. The Bertz CT molecular complexity index is 487. The molecule has 0 aliphatic heterocycles. The van der Waals surface area contributed by atoms with Gasteiger partial charge >= 0.3 is 5.97 Å². The summed E-state index contributed by atoms with van der Waals surface area (Å²) in [5, 5.41) is 0. The second kappa shape index (κ2) is 5.77. The van der Waals surface area contributed by atoms with Crippen molar-refractivity contribution in [3.05, 3.63) is 42.0 Å². The summed E-state index contributed by atoms with van der Waals surface area (Å²) in [6.07, 6.45) is 2.60. The Morgan fingerprint density at radius 3 is 2.88 bits per heavy atom. The fourth-order valence-corrected chi connectivity index (χ4v) is 1.29. The number of aliphatic imine (C=N–C) groups is 1. The van der Waals surface area contributed by atoms with E-state index in [4.69, 9.17) is 4.74 Å². The van der Waals surface area contributed by atoms with E-state index in [2.05, 4.69) is 11.6 Å². The van der Waals surface area contributed by atoms with E-state index in [0.29, 0.717) is 5.75 Å². The summed E-state index contributed by atoms with van der Waals surface area (Å²) in [5.74, 6) is -0.0721. The molecule has 1 rings (SSSR count).